The summed E-state index contributed by atoms with van der Waals surface area (Å²) in [4.78, 5) is 18.3. The number of pyridine rings is 2. The van der Waals surface area contributed by atoms with Crippen LogP contribution in [0.4, 0.5) is 5.82 Å². The van der Waals surface area contributed by atoms with Crippen molar-refractivity contribution in [1.29, 1.82) is 0 Å². The molecule has 36 heavy (non-hydrogen) atoms. The third-order valence-corrected chi connectivity index (χ3v) is 7.05. The van der Waals surface area contributed by atoms with Gasteiger partial charge in [0.05, 0.1) is 11.4 Å². The molecule has 3 aromatic heterocycles. The van der Waals surface area contributed by atoms with Crippen LogP contribution >= 0.6 is 0 Å². The molecule has 1 unspecified atom stereocenters. The van der Waals surface area contributed by atoms with Gasteiger partial charge in [0.2, 0.25) is 0 Å². The van der Waals surface area contributed by atoms with Crippen LogP contribution in [0.15, 0.2) is 49.8 Å². The highest BCUT2D eigenvalue weighted by atomic mass is 15.3. The first kappa shape index (κ1) is 25.8. The summed E-state index contributed by atoms with van der Waals surface area (Å²) in [6.45, 7) is 10.5. The monoisotopic (exact) mass is 485 g/mol. The number of imidazole rings is 1. The van der Waals surface area contributed by atoms with Crippen molar-refractivity contribution >= 4 is 18.1 Å². The molecule has 1 aliphatic heterocycles. The Labute approximate surface area is 215 Å². The van der Waals surface area contributed by atoms with E-state index in [4.69, 9.17) is 4.98 Å². The van der Waals surface area contributed by atoms with Gasteiger partial charge in [-0.05, 0) is 83.1 Å². The molecule has 0 bridgehead atoms. The third-order valence-electron chi connectivity index (χ3n) is 7.05. The van der Waals surface area contributed by atoms with Crippen LogP contribution in [-0.4, -0.2) is 64.7 Å². The molecule has 1 atom stereocenters. The van der Waals surface area contributed by atoms with Crippen molar-refractivity contribution < 1.29 is 0 Å². The van der Waals surface area contributed by atoms with Gasteiger partial charge in [0.25, 0.3) is 0 Å². The lowest BCUT2D eigenvalue weighted by Gasteiger charge is -2.21. The molecular weight excluding hydrogens is 446 g/mol. The van der Waals surface area contributed by atoms with Crippen LogP contribution in [0.2, 0.25) is 0 Å². The number of nitrogens with one attached hydrogen (secondary N) is 1. The van der Waals surface area contributed by atoms with Gasteiger partial charge in [-0.3, -0.25) is 9.55 Å². The molecule has 3 aromatic rings. The van der Waals surface area contributed by atoms with Gasteiger partial charge in [-0.15, -0.1) is 0 Å². The number of rotatable bonds is 7. The number of nitrogens with zero attached hydrogens (tertiary/aromatic N) is 6. The molecule has 2 aliphatic rings. The van der Waals surface area contributed by atoms with Crippen LogP contribution < -0.4 is 10.2 Å². The molecular formula is C29H39N7. The molecule has 0 spiro atoms. The summed E-state index contributed by atoms with van der Waals surface area (Å²) in [6, 6.07) is 9.04. The number of hydrogen-bond acceptors (Lipinski definition) is 6. The molecule has 1 aliphatic carbocycles. The Hall–Kier alpha value is -3.29. The van der Waals surface area contributed by atoms with Crippen LogP contribution in [0.5, 0.6) is 0 Å². The van der Waals surface area contributed by atoms with Crippen LogP contribution in [0, 0.1) is 0 Å². The minimum atomic E-state index is 0.594. The first-order chi connectivity index (χ1) is 17.5. The van der Waals surface area contributed by atoms with Crippen molar-refractivity contribution in [2.24, 2.45) is 0 Å². The topological polar surface area (TPSA) is 62.1 Å². The number of aromatic nitrogens is 4. The highest BCUT2D eigenvalue weighted by Gasteiger charge is 2.25. The highest BCUT2D eigenvalue weighted by molar-refractivity contribution is 5.68. The Morgan fingerprint density at radius 1 is 1.14 bits per heavy atom. The van der Waals surface area contributed by atoms with Gasteiger partial charge >= 0.3 is 0 Å². The zero-order valence-corrected chi connectivity index (χ0v) is 22.0. The Kier molecular flexibility index (Phi) is 8.67. The van der Waals surface area contributed by atoms with Gasteiger partial charge in [-0.25, -0.2) is 9.97 Å². The average Bonchev–Trinajstić information content (AvgIpc) is 3.55. The fourth-order valence-corrected chi connectivity index (χ4v) is 5.04. The summed E-state index contributed by atoms with van der Waals surface area (Å²) >= 11 is 0. The van der Waals surface area contributed by atoms with Gasteiger partial charge in [-0.2, -0.15) is 0 Å². The van der Waals surface area contributed by atoms with E-state index in [1.165, 1.54) is 43.4 Å². The quantitative estimate of drug-likeness (QED) is 0.531. The Morgan fingerprint density at radius 2 is 1.97 bits per heavy atom. The van der Waals surface area contributed by atoms with Crippen LogP contribution in [0.1, 0.15) is 42.0 Å². The van der Waals surface area contributed by atoms with E-state index in [9.17, 15) is 0 Å². The molecule has 1 fully saturated rings. The SMILES string of the molecule is C=Cc1nc(CNC)c(-c2ccc(N3CCC(N(C)C)C3)nc2)n1C=C.c1cnc2c(c1)CCCC2. The average molecular weight is 486 g/mol. The van der Waals surface area contributed by atoms with E-state index in [-0.39, 0.29) is 0 Å². The largest absolute Gasteiger partial charge is 0.355 e. The first-order valence-corrected chi connectivity index (χ1v) is 12.9. The van der Waals surface area contributed by atoms with Crippen molar-refractivity contribution in [3.63, 3.8) is 0 Å². The summed E-state index contributed by atoms with van der Waals surface area (Å²) in [5.41, 5.74) is 5.80. The van der Waals surface area contributed by atoms with E-state index >= 15 is 0 Å². The fourth-order valence-electron chi connectivity index (χ4n) is 5.04. The molecule has 1 N–H and O–H groups in total. The predicted octanol–water partition coefficient (Wildman–Crippen LogP) is 4.51. The maximum absolute atomic E-state index is 4.73. The summed E-state index contributed by atoms with van der Waals surface area (Å²) in [5, 5.41) is 3.18. The number of likely N-dealkylation sites (N-methyl/N-ethyl adjacent to an activating group) is 1. The van der Waals surface area contributed by atoms with E-state index in [0.29, 0.717) is 12.6 Å². The summed E-state index contributed by atoms with van der Waals surface area (Å²) in [6.07, 6.45) is 13.6. The van der Waals surface area contributed by atoms with Crippen molar-refractivity contribution in [1.82, 2.24) is 29.7 Å². The van der Waals surface area contributed by atoms with Crippen molar-refractivity contribution in [3.8, 4) is 11.3 Å². The Morgan fingerprint density at radius 3 is 2.61 bits per heavy atom. The minimum absolute atomic E-state index is 0.594. The molecule has 7 nitrogen and oxygen atoms in total. The maximum atomic E-state index is 4.73. The van der Waals surface area contributed by atoms with E-state index in [1.54, 1.807) is 12.3 Å². The second-order valence-corrected chi connectivity index (χ2v) is 9.63. The zero-order chi connectivity index (χ0) is 25.5. The predicted molar refractivity (Wildman–Crippen MR) is 150 cm³/mol. The zero-order valence-electron chi connectivity index (χ0n) is 22.0. The number of fused-ring (bicyclic) bond motifs is 1. The molecule has 190 valence electrons. The second kappa shape index (κ2) is 12.1. The Balaban J connectivity index is 0.000000251. The molecule has 7 heteroatoms. The van der Waals surface area contributed by atoms with Gasteiger partial charge in [-0.1, -0.05) is 19.2 Å². The standard InChI is InChI=1S/C20H28N6.C9H11N/c1-6-18-23-17(13-21-3)20(26(18)7-2)15-8-9-19(22-12-15)25-11-10-16(14-25)24(4)5;1-2-6-9-8(4-1)5-3-7-10-9/h6-9,12,16,21H,1-2,10-11,13-14H2,3-5H3;3,5,7H,1-2,4,6H2. The second-order valence-electron chi connectivity index (χ2n) is 9.63. The number of anilines is 1. The first-order valence-electron chi connectivity index (χ1n) is 12.9. The van der Waals surface area contributed by atoms with E-state index in [1.807, 2.05) is 30.1 Å². The number of hydrogen-bond donors (Lipinski definition) is 1. The van der Waals surface area contributed by atoms with Gasteiger partial charge in [0, 0.05) is 55.5 Å². The lowest BCUT2D eigenvalue weighted by atomic mass is 9.96. The molecule has 0 aromatic carbocycles. The van der Waals surface area contributed by atoms with Crippen molar-refractivity contribution in [2.75, 3.05) is 39.1 Å². The smallest absolute Gasteiger partial charge is 0.136 e. The van der Waals surface area contributed by atoms with E-state index in [0.717, 1.165) is 41.7 Å². The number of aryl methyl sites for hydroxylation is 2. The normalized spacial score (nSPS) is 16.9. The van der Waals surface area contributed by atoms with Gasteiger partial charge in [0.15, 0.2) is 0 Å². The van der Waals surface area contributed by atoms with Crippen LogP contribution in [0.3, 0.4) is 0 Å². The molecule has 0 amide bonds. The molecule has 0 radical (unpaired) electrons. The van der Waals surface area contributed by atoms with Crippen LogP contribution in [-0.2, 0) is 19.4 Å². The molecule has 4 heterocycles. The lowest BCUT2D eigenvalue weighted by Crippen LogP contribution is -2.31. The summed E-state index contributed by atoms with van der Waals surface area (Å²) in [7, 11) is 6.20. The minimum Gasteiger partial charge on any atom is -0.355 e. The van der Waals surface area contributed by atoms with Gasteiger partial charge < -0.3 is 15.1 Å². The molecule has 1 saturated heterocycles. The van der Waals surface area contributed by atoms with E-state index in [2.05, 4.69) is 70.5 Å². The molecule has 0 saturated carbocycles. The van der Waals surface area contributed by atoms with Gasteiger partial charge in [0.1, 0.15) is 11.6 Å². The maximum Gasteiger partial charge on any atom is 0.136 e. The van der Waals surface area contributed by atoms with Crippen molar-refractivity contribution in [3.05, 3.63) is 72.6 Å². The Bertz CT molecular complexity index is 1140. The van der Waals surface area contributed by atoms with Crippen LogP contribution in [0.25, 0.3) is 23.5 Å². The third kappa shape index (κ3) is 5.74. The molecule has 5 rings (SSSR count). The summed E-state index contributed by atoms with van der Waals surface area (Å²) < 4.78 is 1.97. The summed E-state index contributed by atoms with van der Waals surface area (Å²) in [5.74, 6) is 1.82. The highest BCUT2D eigenvalue weighted by Crippen LogP contribution is 2.28. The van der Waals surface area contributed by atoms with Crippen molar-refractivity contribution in [2.45, 2.75) is 44.7 Å². The fraction of sp³-hybridized carbons (Fsp3) is 0.414. The lowest BCUT2D eigenvalue weighted by molar-refractivity contribution is 0.315. The van der Waals surface area contributed by atoms with E-state index < -0.39 is 0 Å².